The average molecular weight is 513 g/mol. The maximum atomic E-state index is 12.7. The number of halogens is 1. The first-order valence-corrected chi connectivity index (χ1v) is 13.5. The van der Waals surface area contributed by atoms with Gasteiger partial charge in [-0.2, -0.15) is 0 Å². The molecule has 8 nitrogen and oxygen atoms in total. The van der Waals surface area contributed by atoms with E-state index < -0.39 is 10.0 Å². The van der Waals surface area contributed by atoms with Gasteiger partial charge in [0.2, 0.25) is 5.95 Å². The van der Waals surface area contributed by atoms with E-state index in [1.165, 1.54) is 12.1 Å². The highest BCUT2D eigenvalue weighted by Gasteiger charge is 2.19. The fourth-order valence-electron chi connectivity index (χ4n) is 3.99. The zero-order chi connectivity index (χ0) is 24.8. The quantitative estimate of drug-likeness (QED) is 0.398. The topological polar surface area (TPSA) is 123 Å². The maximum absolute atomic E-state index is 12.7. The SMILES string of the molecule is CCc1nc(NS(=O)(=O)c2ccccc2Cl)ccc1/C=C/c1cnc(N[C@H]2CC[C@H](N)CC2)nc1. The van der Waals surface area contributed by atoms with E-state index in [1.54, 1.807) is 30.6 Å². The Morgan fingerprint density at radius 3 is 2.46 bits per heavy atom. The Hall–Kier alpha value is -3.01. The molecule has 1 fully saturated rings. The van der Waals surface area contributed by atoms with Gasteiger partial charge in [0.25, 0.3) is 10.0 Å². The second-order valence-corrected chi connectivity index (χ2v) is 10.6. The minimum absolute atomic E-state index is 0.00971. The third kappa shape index (κ3) is 6.56. The summed E-state index contributed by atoms with van der Waals surface area (Å²) in [5.41, 5.74) is 8.47. The Kier molecular flexibility index (Phi) is 8.00. The molecule has 1 aromatic carbocycles. The van der Waals surface area contributed by atoms with E-state index in [9.17, 15) is 8.42 Å². The second kappa shape index (κ2) is 11.2. The number of hydrogen-bond donors (Lipinski definition) is 3. The number of sulfonamides is 1. The molecule has 0 atom stereocenters. The molecule has 0 unspecified atom stereocenters. The van der Waals surface area contributed by atoms with Crippen LogP contribution < -0.4 is 15.8 Å². The van der Waals surface area contributed by atoms with Crippen molar-refractivity contribution in [3.63, 3.8) is 0 Å². The summed E-state index contributed by atoms with van der Waals surface area (Å²) in [5.74, 6) is 0.857. The van der Waals surface area contributed by atoms with Gasteiger partial charge in [-0.05, 0) is 61.9 Å². The molecule has 35 heavy (non-hydrogen) atoms. The molecule has 0 amide bonds. The molecule has 0 radical (unpaired) electrons. The van der Waals surface area contributed by atoms with Gasteiger partial charge in [-0.25, -0.2) is 23.4 Å². The Labute approximate surface area is 211 Å². The smallest absolute Gasteiger partial charge is 0.264 e. The van der Waals surface area contributed by atoms with E-state index in [-0.39, 0.29) is 15.7 Å². The molecule has 0 spiro atoms. The minimum atomic E-state index is -3.85. The predicted octanol–water partition coefficient (Wildman–Crippen LogP) is 4.74. The Balaban J connectivity index is 1.43. The van der Waals surface area contributed by atoms with E-state index >= 15 is 0 Å². The summed E-state index contributed by atoms with van der Waals surface area (Å²) in [6.07, 6.45) is 12.1. The van der Waals surface area contributed by atoms with Crippen molar-refractivity contribution in [2.75, 3.05) is 10.0 Å². The summed E-state index contributed by atoms with van der Waals surface area (Å²) >= 11 is 6.05. The Morgan fingerprint density at radius 2 is 1.77 bits per heavy atom. The van der Waals surface area contributed by atoms with Crippen molar-refractivity contribution in [2.45, 2.75) is 56.0 Å². The lowest BCUT2D eigenvalue weighted by Crippen LogP contribution is -2.33. The lowest BCUT2D eigenvalue weighted by Gasteiger charge is -2.26. The van der Waals surface area contributed by atoms with Crippen LogP contribution in [0.1, 0.15) is 49.4 Å². The normalized spacial score (nSPS) is 18.5. The van der Waals surface area contributed by atoms with Crippen LogP contribution in [0.5, 0.6) is 0 Å². The summed E-state index contributed by atoms with van der Waals surface area (Å²) < 4.78 is 27.9. The molecule has 1 aliphatic carbocycles. The number of benzene rings is 1. The summed E-state index contributed by atoms with van der Waals surface area (Å²) in [7, 11) is -3.85. The molecule has 1 aliphatic rings. The van der Waals surface area contributed by atoms with Crippen molar-refractivity contribution >= 4 is 45.5 Å². The zero-order valence-electron chi connectivity index (χ0n) is 19.5. The highest BCUT2D eigenvalue weighted by molar-refractivity contribution is 7.92. The fraction of sp³-hybridized carbons (Fsp3) is 0.320. The van der Waals surface area contributed by atoms with Crippen LogP contribution in [-0.2, 0) is 16.4 Å². The van der Waals surface area contributed by atoms with Crippen molar-refractivity contribution < 1.29 is 8.42 Å². The van der Waals surface area contributed by atoms with E-state index in [0.29, 0.717) is 24.5 Å². The minimum Gasteiger partial charge on any atom is -0.351 e. The fourth-order valence-corrected chi connectivity index (χ4v) is 5.51. The highest BCUT2D eigenvalue weighted by Crippen LogP contribution is 2.24. The third-order valence-corrected chi connectivity index (χ3v) is 7.80. The summed E-state index contributed by atoms with van der Waals surface area (Å²) in [6, 6.07) is 10.4. The van der Waals surface area contributed by atoms with Crippen LogP contribution in [0.2, 0.25) is 5.02 Å². The number of aryl methyl sites for hydroxylation is 1. The third-order valence-electron chi connectivity index (χ3n) is 5.94. The van der Waals surface area contributed by atoms with E-state index in [4.69, 9.17) is 17.3 Å². The van der Waals surface area contributed by atoms with Gasteiger partial charge in [0.1, 0.15) is 10.7 Å². The number of pyridine rings is 1. The van der Waals surface area contributed by atoms with Crippen LogP contribution in [0.15, 0.2) is 53.7 Å². The van der Waals surface area contributed by atoms with Gasteiger partial charge in [-0.1, -0.05) is 42.8 Å². The van der Waals surface area contributed by atoms with Crippen molar-refractivity contribution in [2.24, 2.45) is 5.73 Å². The Bertz CT molecular complexity index is 1290. The Morgan fingerprint density at radius 1 is 1.06 bits per heavy atom. The van der Waals surface area contributed by atoms with Crippen LogP contribution in [0.3, 0.4) is 0 Å². The molecule has 4 rings (SSSR count). The van der Waals surface area contributed by atoms with Gasteiger partial charge in [0.15, 0.2) is 0 Å². The first-order valence-electron chi connectivity index (χ1n) is 11.6. The maximum Gasteiger partial charge on any atom is 0.264 e. The van der Waals surface area contributed by atoms with Crippen LogP contribution in [0, 0.1) is 0 Å². The van der Waals surface area contributed by atoms with Crippen molar-refractivity contribution in [3.05, 3.63) is 70.6 Å². The zero-order valence-corrected chi connectivity index (χ0v) is 21.1. The highest BCUT2D eigenvalue weighted by atomic mass is 35.5. The van der Waals surface area contributed by atoms with Gasteiger partial charge < -0.3 is 11.1 Å². The monoisotopic (exact) mass is 512 g/mol. The standard InChI is InChI=1S/C25H29ClN6O2S/c1-2-22-18(9-14-24(31-22)32-35(33,34)23-6-4-3-5-21(23)26)8-7-17-15-28-25(29-16-17)30-20-12-10-19(27)11-13-20/h3-9,14-16,19-20H,2,10-13,27H2,1H3,(H,31,32)(H,28,29,30)/b8-7+/t19-,20-. The van der Waals surface area contributed by atoms with Crippen molar-refractivity contribution in [1.29, 1.82) is 0 Å². The van der Waals surface area contributed by atoms with Gasteiger partial charge in [0.05, 0.1) is 5.02 Å². The van der Waals surface area contributed by atoms with Gasteiger partial charge in [0, 0.05) is 35.7 Å². The molecule has 2 heterocycles. The molecule has 184 valence electrons. The molecule has 3 aromatic rings. The largest absolute Gasteiger partial charge is 0.351 e. The predicted molar refractivity (Wildman–Crippen MR) is 141 cm³/mol. The number of hydrogen-bond acceptors (Lipinski definition) is 7. The average Bonchev–Trinajstić information content (AvgIpc) is 2.85. The van der Waals surface area contributed by atoms with Gasteiger partial charge in [-0.15, -0.1) is 0 Å². The van der Waals surface area contributed by atoms with E-state index in [2.05, 4.69) is 25.0 Å². The molecule has 0 bridgehead atoms. The lowest BCUT2D eigenvalue weighted by molar-refractivity contribution is 0.410. The first-order chi connectivity index (χ1) is 16.8. The molecule has 10 heteroatoms. The number of nitrogens with one attached hydrogen (secondary N) is 2. The van der Waals surface area contributed by atoms with Crippen molar-refractivity contribution in [1.82, 2.24) is 15.0 Å². The molecule has 1 saturated carbocycles. The molecule has 4 N–H and O–H groups in total. The van der Waals surface area contributed by atoms with E-state index in [0.717, 1.165) is 42.5 Å². The van der Waals surface area contributed by atoms with Crippen LogP contribution >= 0.6 is 11.6 Å². The van der Waals surface area contributed by atoms with Crippen LogP contribution in [0.4, 0.5) is 11.8 Å². The molecule has 2 aromatic heterocycles. The first kappa shape index (κ1) is 25.1. The van der Waals surface area contributed by atoms with Crippen molar-refractivity contribution in [3.8, 4) is 0 Å². The summed E-state index contributed by atoms with van der Waals surface area (Å²) in [6.45, 7) is 1.97. The number of nitrogens with two attached hydrogens (primary N) is 1. The summed E-state index contributed by atoms with van der Waals surface area (Å²) in [5, 5.41) is 3.54. The lowest BCUT2D eigenvalue weighted by atomic mass is 9.92. The summed E-state index contributed by atoms with van der Waals surface area (Å²) in [4.78, 5) is 13.4. The number of anilines is 2. The molecule has 0 saturated heterocycles. The number of aromatic nitrogens is 3. The second-order valence-electron chi connectivity index (χ2n) is 8.55. The molecular weight excluding hydrogens is 484 g/mol. The van der Waals surface area contributed by atoms with Crippen LogP contribution in [-0.4, -0.2) is 35.5 Å². The molecular formula is C25H29ClN6O2S. The van der Waals surface area contributed by atoms with Crippen LogP contribution in [0.25, 0.3) is 12.2 Å². The van der Waals surface area contributed by atoms with Gasteiger partial charge >= 0.3 is 0 Å². The number of nitrogens with zero attached hydrogens (tertiary/aromatic N) is 3. The van der Waals surface area contributed by atoms with Gasteiger partial charge in [-0.3, -0.25) is 4.72 Å². The number of rotatable bonds is 8. The van der Waals surface area contributed by atoms with E-state index in [1.807, 2.05) is 25.1 Å². The molecule has 0 aliphatic heterocycles.